The number of carbonyl (C=O) groups excluding carboxylic acids is 2. The second kappa shape index (κ2) is 8.88. The monoisotopic (exact) mass is 346 g/mol. The molecule has 1 heterocycles. The van der Waals surface area contributed by atoms with Crippen molar-refractivity contribution in [2.75, 3.05) is 26.2 Å². The maximum absolute atomic E-state index is 12.3. The van der Waals surface area contributed by atoms with Crippen molar-refractivity contribution in [3.63, 3.8) is 0 Å². The van der Waals surface area contributed by atoms with Crippen molar-refractivity contribution >= 4 is 12.0 Å². The lowest BCUT2D eigenvalue weighted by Gasteiger charge is -2.35. The summed E-state index contributed by atoms with van der Waals surface area (Å²) < 4.78 is 5.38. The summed E-state index contributed by atoms with van der Waals surface area (Å²) in [7, 11) is 0. The molecule has 1 aliphatic rings. The minimum atomic E-state index is -0.483. The van der Waals surface area contributed by atoms with Crippen LogP contribution in [-0.2, 0) is 16.0 Å². The molecule has 0 aliphatic carbocycles. The summed E-state index contributed by atoms with van der Waals surface area (Å²) in [5.41, 5.74) is 0.837. The lowest BCUT2D eigenvalue weighted by Crippen LogP contribution is -2.51. The van der Waals surface area contributed by atoms with E-state index in [1.807, 2.05) is 43.9 Å². The fourth-order valence-corrected chi connectivity index (χ4v) is 2.87. The number of amides is 2. The minimum absolute atomic E-state index is 0.192. The van der Waals surface area contributed by atoms with Crippen LogP contribution in [0.5, 0.6) is 0 Å². The maximum Gasteiger partial charge on any atom is 0.410 e. The van der Waals surface area contributed by atoms with Gasteiger partial charge in [-0.05, 0) is 45.6 Å². The Morgan fingerprint density at radius 3 is 2.16 bits per heavy atom. The Morgan fingerprint density at radius 1 is 0.960 bits per heavy atom. The van der Waals surface area contributed by atoms with Crippen LogP contribution in [0, 0.1) is 0 Å². The summed E-state index contributed by atoms with van der Waals surface area (Å²) in [6.07, 6.45) is 3.23. The summed E-state index contributed by atoms with van der Waals surface area (Å²) in [6, 6.07) is 10.4. The van der Waals surface area contributed by atoms with Crippen LogP contribution in [0.1, 0.15) is 45.6 Å². The van der Waals surface area contributed by atoms with Crippen molar-refractivity contribution in [3.05, 3.63) is 35.9 Å². The number of rotatable bonds is 5. The Balaban J connectivity index is 1.64. The molecule has 1 saturated heterocycles. The molecule has 0 saturated carbocycles. The predicted molar refractivity (Wildman–Crippen MR) is 98.4 cm³/mol. The predicted octanol–water partition coefficient (Wildman–Crippen LogP) is 3.48. The molecule has 138 valence electrons. The lowest BCUT2D eigenvalue weighted by atomic mass is 10.1. The van der Waals surface area contributed by atoms with Crippen LogP contribution in [0.3, 0.4) is 0 Å². The van der Waals surface area contributed by atoms with E-state index < -0.39 is 5.60 Å². The molecule has 0 radical (unpaired) electrons. The standard InChI is InChI=1S/C20H30N2O3/c1-20(2,3)25-19(24)22-15-13-21(14-16-22)18(23)12-8-7-11-17-9-5-4-6-10-17/h4-6,9-10H,7-8,11-16H2,1-3H3. The molecule has 2 rings (SSSR count). The second-order valence-electron chi connectivity index (χ2n) is 7.54. The van der Waals surface area contributed by atoms with E-state index in [-0.39, 0.29) is 12.0 Å². The molecule has 25 heavy (non-hydrogen) atoms. The smallest absolute Gasteiger partial charge is 0.410 e. The molecule has 0 aromatic heterocycles. The van der Waals surface area contributed by atoms with E-state index in [0.717, 1.165) is 19.3 Å². The number of hydrogen-bond acceptors (Lipinski definition) is 3. The zero-order valence-electron chi connectivity index (χ0n) is 15.7. The van der Waals surface area contributed by atoms with Crippen LogP contribution >= 0.6 is 0 Å². The van der Waals surface area contributed by atoms with Crippen molar-refractivity contribution in [1.82, 2.24) is 9.80 Å². The van der Waals surface area contributed by atoms with E-state index in [2.05, 4.69) is 12.1 Å². The third-order valence-corrected chi connectivity index (χ3v) is 4.23. The highest BCUT2D eigenvalue weighted by atomic mass is 16.6. The average molecular weight is 346 g/mol. The van der Waals surface area contributed by atoms with Gasteiger partial charge in [-0.15, -0.1) is 0 Å². The zero-order valence-corrected chi connectivity index (χ0v) is 15.7. The molecule has 0 bridgehead atoms. The van der Waals surface area contributed by atoms with Crippen LogP contribution in [0.2, 0.25) is 0 Å². The normalized spacial score (nSPS) is 15.2. The first-order chi connectivity index (χ1) is 11.8. The van der Waals surface area contributed by atoms with Gasteiger partial charge in [-0.2, -0.15) is 0 Å². The van der Waals surface area contributed by atoms with Crippen LogP contribution in [0.15, 0.2) is 30.3 Å². The van der Waals surface area contributed by atoms with E-state index in [1.54, 1.807) is 4.90 Å². The van der Waals surface area contributed by atoms with E-state index >= 15 is 0 Å². The van der Waals surface area contributed by atoms with E-state index in [4.69, 9.17) is 4.74 Å². The van der Waals surface area contributed by atoms with Crippen LogP contribution in [-0.4, -0.2) is 53.6 Å². The molecular weight excluding hydrogens is 316 g/mol. The molecule has 0 N–H and O–H groups in total. The summed E-state index contributed by atoms with van der Waals surface area (Å²) in [4.78, 5) is 27.9. The fraction of sp³-hybridized carbons (Fsp3) is 0.600. The molecule has 1 aromatic rings. The minimum Gasteiger partial charge on any atom is -0.444 e. The molecule has 0 spiro atoms. The highest BCUT2D eigenvalue weighted by molar-refractivity contribution is 5.76. The van der Waals surface area contributed by atoms with E-state index in [1.165, 1.54) is 5.56 Å². The first-order valence-electron chi connectivity index (χ1n) is 9.15. The second-order valence-corrected chi connectivity index (χ2v) is 7.54. The summed E-state index contributed by atoms with van der Waals surface area (Å²) >= 11 is 0. The Labute approximate surface area is 150 Å². The molecular formula is C20H30N2O3. The Kier molecular flexibility index (Phi) is 6.85. The number of nitrogens with zero attached hydrogens (tertiary/aromatic N) is 2. The summed E-state index contributed by atoms with van der Waals surface area (Å²) in [6.45, 7) is 7.86. The van der Waals surface area contributed by atoms with Gasteiger partial charge in [0.05, 0.1) is 0 Å². The molecule has 2 amide bonds. The highest BCUT2D eigenvalue weighted by Gasteiger charge is 2.27. The molecule has 0 unspecified atom stereocenters. The van der Waals surface area contributed by atoms with Gasteiger partial charge in [-0.25, -0.2) is 4.79 Å². The number of benzene rings is 1. The Bertz CT molecular complexity index is 558. The van der Waals surface area contributed by atoms with Gasteiger partial charge in [0.15, 0.2) is 0 Å². The SMILES string of the molecule is CC(C)(C)OC(=O)N1CCN(C(=O)CCCCc2ccccc2)CC1. The molecule has 1 fully saturated rings. The van der Waals surface area contributed by atoms with Crippen molar-refractivity contribution in [3.8, 4) is 0 Å². The van der Waals surface area contributed by atoms with Gasteiger partial charge in [-0.1, -0.05) is 30.3 Å². The van der Waals surface area contributed by atoms with Gasteiger partial charge in [-0.3, -0.25) is 4.79 Å². The molecule has 5 nitrogen and oxygen atoms in total. The molecule has 0 atom stereocenters. The lowest BCUT2D eigenvalue weighted by molar-refractivity contribution is -0.133. The van der Waals surface area contributed by atoms with Gasteiger partial charge in [0.25, 0.3) is 0 Å². The van der Waals surface area contributed by atoms with Crippen LogP contribution < -0.4 is 0 Å². The number of ether oxygens (including phenoxy) is 1. The average Bonchev–Trinajstić information content (AvgIpc) is 2.58. The maximum atomic E-state index is 12.3. The first kappa shape index (κ1) is 19.3. The topological polar surface area (TPSA) is 49.9 Å². The quantitative estimate of drug-likeness (QED) is 0.767. The van der Waals surface area contributed by atoms with Gasteiger partial charge in [0, 0.05) is 32.6 Å². The van der Waals surface area contributed by atoms with Crippen molar-refractivity contribution in [2.45, 2.75) is 52.1 Å². The number of piperazine rings is 1. The van der Waals surface area contributed by atoms with Crippen LogP contribution in [0.25, 0.3) is 0 Å². The third-order valence-electron chi connectivity index (χ3n) is 4.23. The van der Waals surface area contributed by atoms with Crippen molar-refractivity contribution in [1.29, 1.82) is 0 Å². The van der Waals surface area contributed by atoms with Gasteiger partial charge in [0.1, 0.15) is 5.60 Å². The molecule has 5 heteroatoms. The number of carbonyl (C=O) groups is 2. The van der Waals surface area contributed by atoms with E-state index in [9.17, 15) is 9.59 Å². The summed E-state index contributed by atoms with van der Waals surface area (Å²) in [5, 5.41) is 0. The highest BCUT2D eigenvalue weighted by Crippen LogP contribution is 2.13. The fourth-order valence-electron chi connectivity index (χ4n) is 2.87. The van der Waals surface area contributed by atoms with E-state index in [0.29, 0.717) is 32.6 Å². The van der Waals surface area contributed by atoms with Gasteiger partial charge < -0.3 is 14.5 Å². The zero-order chi connectivity index (χ0) is 18.3. The van der Waals surface area contributed by atoms with Crippen LogP contribution in [0.4, 0.5) is 4.79 Å². The number of aryl methyl sites for hydroxylation is 1. The first-order valence-corrected chi connectivity index (χ1v) is 9.15. The number of hydrogen-bond donors (Lipinski definition) is 0. The molecule has 1 aliphatic heterocycles. The Hall–Kier alpha value is -2.04. The third kappa shape index (κ3) is 6.77. The van der Waals surface area contributed by atoms with Gasteiger partial charge in [0.2, 0.25) is 5.91 Å². The molecule has 1 aromatic carbocycles. The van der Waals surface area contributed by atoms with Crippen molar-refractivity contribution in [2.24, 2.45) is 0 Å². The summed E-state index contributed by atoms with van der Waals surface area (Å²) in [5.74, 6) is 0.192. The Morgan fingerprint density at radius 2 is 1.56 bits per heavy atom. The largest absolute Gasteiger partial charge is 0.444 e. The van der Waals surface area contributed by atoms with Crippen molar-refractivity contribution < 1.29 is 14.3 Å². The number of unbranched alkanes of at least 4 members (excludes halogenated alkanes) is 1. The van der Waals surface area contributed by atoms with Gasteiger partial charge >= 0.3 is 6.09 Å².